The molecule has 0 aliphatic heterocycles. The van der Waals surface area contributed by atoms with Gasteiger partial charge in [-0.25, -0.2) is 0 Å². The minimum absolute atomic E-state index is 0.0614. The molecule has 0 fully saturated rings. The highest BCUT2D eigenvalue weighted by molar-refractivity contribution is 6.30. The Morgan fingerprint density at radius 1 is 1.44 bits per heavy atom. The van der Waals surface area contributed by atoms with Crippen LogP contribution in [0.25, 0.3) is 0 Å². The molecule has 0 aromatic carbocycles. The maximum atomic E-state index is 8.56. The standard InChI is InChI=1S/C12H22ClN3O2/c1-9(2)11-10(12(13)16(3)15-11)8-14-4-6-18-7-5-17/h9,14,17H,4-8H2,1-3H3. The first-order valence-electron chi connectivity index (χ1n) is 6.18. The molecule has 6 heteroatoms. The van der Waals surface area contributed by atoms with Gasteiger partial charge in [0.1, 0.15) is 5.15 Å². The van der Waals surface area contributed by atoms with Crippen LogP contribution in [-0.2, 0) is 18.3 Å². The van der Waals surface area contributed by atoms with Gasteiger partial charge >= 0.3 is 0 Å². The quantitative estimate of drug-likeness (QED) is 0.702. The average Bonchev–Trinajstić information content (AvgIpc) is 2.61. The van der Waals surface area contributed by atoms with E-state index in [1.165, 1.54) is 0 Å². The number of ether oxygens (including phenoxy) is 1. The summed E-state index contributed by atoms with van der Waals surface area (Å²) in [7, 11) is 1.85. The van der Waals surface area contributed by atoms with Crippen LogP contribution < -0.4 is 5.32 Å². The van der Waals surface area contributed by atoms with E-state index in [4.69, 9.17) is 21.4 Å². The van der Waals surface area contributed by atoms with Gasteiger partial charge in [0.2, 0.25) is 0 Å². The molecule has 0 saturated heterocycles. The van der Waals surface area contributed by atoms with Crippen molar-refractivity contribution in [3.05, 3.63) is 16.4 Å². The lowest BCUT2D eigenvalue weighted by molar-refractivity contribution is 0.0938. The van der Waals surface area contributed by atoms with Gasteiger partial charge in [0.25, 0.3) is 0 Å². The Kier molecular flexibility index (Phi) is 6.63. The highest BCUT2D eigenvalue weighted by atomic mass is 35.5. The minimum atomic E-state index is 0.0614. The number of nitrogens with zero attached hydrogens (tertiary/aromatic N) is 2. The van der Waals surface area contributed by atoms with Gasteiger partial charge in [-0.2, -0.15) is 5.10 Å². The van der Waals surface area contributed by atoms with E-state index in [-0.39, 0.29) is 6.61 Å². The van der Waals surface area contributed by atoms with Crippen molar-refractivity contribution in [1.29, 1.82) is 0 Å². The van der Waals surface area contributed by atoms with Crippen LogP contribution in [-0.4, -0.2) is 41.3 Å². The molecule has 18 heavy (non-hydrogen) atoms. The number of hydrogen-bond acceptors (Lipinski definition) is 4. The molecule has 0 radical (unpaired) electrons. The summed E-state index contributed by atoms with van der Waals surface area (Å²) in [4.78, 5) is 0. The Hall–Kier alpha value is -0.620. The van der Waals surface area contributed by atoms with Crippen molar-refractivity contribution in [2.24, 2.45) is 7.05 Å². The average molecular weight is 276 g/mol. The highest BCUT2D eigenvalue weighted by Gasteiger charge is 2.16. The molecule has 0 atom stereocenters. The highest BCUT2D eigenvalue weighted by Crippen LogP contribution is 2.24. The van der Waals surface area contributed by atoms with E-state index in [0.717, 1.165) is 17.8 Å². The normalized spacial score (nSPS) is 11.4. The topological polar surface area (TPSA) is 59.3 Å². The third-order valence-corrected chi connectivity index (χ3v) is 3.08. The maximum Gasteiger partial charge on any atom is 0.131 e. The van der Waals surface area contributed by atoms with Crippen LogP contribution in [0.5, 0.6) is 0 Å². The van der Waals surface area contributed by atoms with Crippen molar-refractivity contribution in [3.8, 4) is 0 Å². The number of hydrogen-bond donors (Lipinski definition) is 2. The molecular weight excluding hydrogens is 254 g/mol. The SMILES string of the molecule is CC(C)c1nn(C)c(Cl)c1CNCCOCCO. The zero-order chi connectivity index (χ0) is 13.5. The molecule has 1 aromatic heterocycles. The van der Waals surface area contributed by atoms with Gasteiger partial charge in [0.15, 0.2) is 0 Å². The molecule has 1 heterocycles. The van der Waals surface area contributed by atoms with Crippen LogP contribution in [0.4, 0.5) is 0 Å². The Morgan fingerprint density at radius 2 is 2.17 bits per heavy atom. The molecule has 0 amide bonds. The van der Waals surface area contributed by atoms with E-state index in [9.17, 15) is 0 Å². The summed E-state index contributed by atoms with van der Waals surface area (Å²) in [6.45, 7) is 6.64. The molecule has 5 nitrogen and oxygen atoms in total. The summed E-state index contributed by atoms with van der Waals surface area (Å²) < 4.78 is 6.87. The van der Waals surface area contributed by atoms with E-state index in [2.05, 4.69) is 24.3 Å². The van der Waals surface area contributed by atoms with Crippen molar-refractivity contribution in [2.75, 3.05) is 26.4 Å². The van der Waals surface area contributed by atoms with Crippen LogP contribution in [0.2, 0.25) is 5.15 Å². The summed E-state index contributed by atoms with van der Waals surface area (Å²) in [6.07, 6.45) is 0. The Labute approximate surface area is 113 Å². The zero-order valence-electron chi connectivity index (χ0n) is 11.2. The number of aliphatic hydroxyl groups excluding tert-OH is 1. The molecule has 0 unspecified atom stereocenters. The van der Waals surface area contributed by atoms with Crippen LogP contribution in [0, 0.1) is 0 Å². The molecule has 1 rings (SSSR count). The molecule has 0 spiro atoms. The number of halogens is 1. The van der Waals surface area contributed by atoms with E-state index in [1.54, 1.807) is 4.68 Å². The van der Waals surface area contributed by atoms with Crippen molar-refractivity contribution >= 4 is 11.6 Å². The summed E-state index contributed by atoms with van der Waals surface area (Å²) in [5.41, 5.74) is 2.09. The van der Waals surface area contributed by atoms with Crippen molar-refractivity contribution in [3.63, 3.8) is 0 Å². The summed E-state index contributed by atoms with van der Waals surface area (Å²) >= 11 is 6.22. The minimum Gasteiger partial charge on any atom is -0.394 e. The maximum absolute atomic E-state index is 8.56. The predicted octanol–water partition coefficient (Wildman–Crippen LogP) is 1.30. The number of rotatable bonds is 8. The number of aromatic nitrogens is 2. The third kappa shape index (κ3) is 4.24. The number of aryl methyl sites for hydroxylation is 1. The zero-order valence-corrected chi connectivity index (χ0v) is 12.0. The Balaban J connectivity index is 2.46. The monoisotopic (exact) mass is 275 g/mol. The summed E-state index contributed by atoms with van der Waals surface area (Å²) in [5, 5.41) is 16.9. The Bertz CT molecular complexity index is 366. The van der Waals surface area contributed by atoms with E-state index in [1.807, 2.05) is 7.05 Å². The van der Waals surface area contributed by atoms with Gasteiger partial charge < -0.3 is 15.2 Å². The van der Waals surface area contributed by atoms with Crippen LogP contribution in [0.1, 0.15) is 31.0 Å². The first-order valence-corrected chi connectivity index (χ1v) is 6.56. The van der Waals surface area contributed by atoms with Gasteiger partial charge in [0, 0.05) is 25.7 Å². The number of aliphatic hydroxyl groups is 1. The second-order valence-corrected chi connectivity index (χ2v) is 4.80. The summed E-state index contributed by atoms with van der Waals surface area (Å²) in [5.74, 6) is 0.353. The fourth-order valence-electron chi connectivity index (χ4n) is 1.72. The van der Waals surface area contributed by atoms with E-state index >= 15 is 0 Å². The summed E-state index contributed by atoms with van der Waals surface area (Å²) in [6, 6.07) is 0. The fourth-order valence-corrected chi connectivity index (χ4v) is 1.92. The van der Waals surface area contributed by atoms with Crippen molar-refractivity contribution < 1.29 is 9.84 Å². The second kappa shape index (κ2) is 7.74. The Morgan fingerprint density at radius 3 is 2.78 bits per heavy atom. The lowest BCUT2D eigenvalue weighted by Crippen LogP contribution is -2.20. The van der Waals surface area contributed by atoms with Gasteiger partial charge in [-0.1, -0.05) is 25.4 Å². The van der Waals surface area contributed by atoms with Gasteiger partial charge in [0.05, 0.1) is 25.5 Å². The largest absolute Gasteiger partial charge is 0.394 e. The first-order chi connectivity index (χ1) is 8.57. The van der Waals surface area contributed by atoms with Gasteiger partial charge in [-0.3, -0.25) is 4.68 Å². The van der Waals surface area contributed by atoms with Crippen LogP contribution >= 0.6 is 11.6 Å². The molecule has 0 aliphatic carbocycles. The molecular formula is C12H22ClN3O2. The lowest BCUT2D eigenvalue weighted by atomic mass is 10.1. The van der Waals surface area contributed by atoms with E-state index < -0.39 is 0 Å². The van der Waals surface area contributed by atoms with Gasteiger partial charge in [-0.15, -0.1) is 0 Å². The first kappa shape index (κ1) is 15.4. The van der Waals surface area contributed by atoms with Crippen molar-refractivity contribution in [1.82, 2.24) is 15.1 Å². The van der Waals surface area contributed by atoms with Gasteiger partial charge in [-0.05, 0) is 5.92 Å². The van der Waals surface area contributed by atoms with E-state index in [0.29, 0.717) is 30.8 Å². The molecule has 2 N–H and O–H groups in total. The predicted molar refractivity (Wildman–Crippen MR) is 71.9 cm³/mol. The molecule has 0 bridgehead atoms. The number of nitrogens with one attached hydrogen (secondary N) is 1. The molecule has 0 saturated carbocycles. The molecule has 104 valence electrons. The van der Waals surface area contributed by atoms with Crippen LogP contribution in [0.3, 0.4) is 0 Å². The molecule has 1 aromatic rings. The van der Waals surface area contributed by atoms with Crippen LogP contribution in [0.15, 0.2) is 0 Å². The lowest BCUT2D eigenvalue weighted by Gasteiger charge is -2.08. The second-order valence-electron chi connectivity index (χ2n) is 4.45. The smallest absolute Gasteiger partial charge is 0.131 e. The third-order valence-electron chi connectivity index (χ3n) is 2.61. The van der Waals surface area contributed by atoms with Crippen molar-refractivity contribution in [2.45, 2.75) is 26.3 Å². The molecule has 0 aliphatic rings. The fraction of sp³-hybridized carbons (Fsp3) is 0.750.